The van der Waals surface area contributed by atoms with E-state index in [2.05, 4.69) is 16.4 Å². The lowest BCUT2D eigenvalue weighted by atomic mass is 10.3. The predicted molar refractivity (Wildman–Crippen MR) is 47.8 cm³/mol. The van der Waals surface area contributed by atoms with Crippen molar-refractivity contribution in [3.05, 3.63) is 18.7 Å². The Labute approximate surface area is 77.2 Å². The fourth-order valence-electron chi connectivity index (χ4n) is 1.27. The zero-order valence-corrected chi connectivity index (χ0v) is 7.35. The van der Waals surface area contributed by atoms with Gasteiger partial charge < -0.3 is 4.57 Å². The molecule has 1 aromatic rings. The van der Waals surface area contributed by atoms with E-state index < -0.39 is 0 Å². The zero-order chi connectivity index (χ0) is 9.10. The van der Waals surface area contributed by atoms with Crippen LogP contribution in [0.5, 0.6) is 0 Å². The molecule has 0 bridgehead atoms. The zero-order valence-electron chi connectivity index (χ0n) is 7.35. The van der Waals surface area contributed by atoms with Gasteiger partial charge in [-0.15, -0.1) is 0 Å². The summed E-state index contributed by atoms with van der Waals surface area (Å²) in [5, 5.41) is 12.1. The van der Waals surface area contributed by atoms with Gasteiger partial charge in [0.25, 0.3) is 0 Å². The second-order valence-corrected chi connectivity index (χ2v) is 3.38. The SMILES string of the molecule is N#CC(Cn1ccnc1)NC1CC1. The maximum Gasteiger partial charge on any atom is 0.114 e. The quantitative estimate of drug-likeness (QED) is 0.728. The van der Waals surface area contributed by atoms with Gasteiger partial charge in [-0.25, -0.2) is 4.98 Å². The maximum absolute atomic E-state index is 8.86. The third-order valence-electron chi connectivity index (χ3n) is 2.12. The van der Waals surface area contributed by atoms with E-state index in [0.29, 0.717) is 12.6 Å². The van der Waals surface area contributed by atoms with E-state index in [1.807, 2.05) is 10.8 Å². The fourth-order valence-corrected chi connectivity index (χ4v) is 1.27. The third-order valence-corrected chi connectivity index (χ3v) is 2.12. The van der Waals surface area contributed by atoms with Crippen LogP contribution < -0.4 is 5.32 Å². The minimum Gasteiger partial charge on any atom is -0.335 e. The Bertz CT molecular complexity index is 294. The molecule has 0 saturated heterocycles. The van der Waals surface area contributed by atoms with Gasteiger partial charge in [0.2, 0.25) is 0 Å². The highest BCUT2D eigenvalue weighted by atomic mass is 15.1. The van der Waals surface area contributed by atoms with Crippen molar-refractivity contribution in [2.45, 2.75) is 31.5 Å². The lowest BCUT2D eigenvalue weighted by Crippen LogP contribution is -2.33. The van der Waals surface area contributed by atoms with Gasteiger partial charge in [0, 0.05) is 18.4 Å². The molecule has 1 atom stereocenters. The molecular formula is C9H12N4. The number of hydrogen-bond acceptors (Lipinski definition) is 3. The maximum atomic E-state index is 8.86. The highest BCUT2D eigenvalue weighted by Crippen LogP contribution is 2.19. The van der Waals surface area contributed by atoms with Crippen LogP contribution in [0, 0.1) is 11.3 Å². The van der Waals surface area contributed by atoms with Crippen LogP contribution in [0.2, 0.25) is 0 Å². The number of nitrogens with zero attached hydrogens (tertiary/aromatic N) is 3. The molecule has 1 saturated carbocycles. The topological polar surface area (TPSA) is 53.6 Å². The van der Waals surface area contributed by atoms with Gasteiger partial charge in [-0.05, 0) is 12.8 Å². The molecule has 0 spiro atoms. The van der Waals surface area contributed by atoms with Gasteiger partial charge in [0.15, 0.2) is 0 Å². The Morgan fingerprint density at radius 2 is 2.54 bits per heavy atom. The first-order valence-electron chi connectivity index (χ1n) is 4.50. The summed E-state index contributed by atoms with van der Waals surface area (Å²) in [6.07, 6.45) is 7.76. The van der Waals surface area contributed by atoms with Crippen LogP contribution in [0.3, 0.4) is 0 Å². The molecule has 2 rings (SSSR count). The fraction of sp³-hybridized carbons (Fsp3) is 0.556. The molecular weight excluding hydrogens is 164 g/mol. The first-order chi connectivity index (χ1) is 6.38. The number of nitriles is 1. The van der Waals surface area contributed by atoms with Crippen molar-refractivity contribution in [3.63, 3.8) is 0 Å². The molecule has 1 N–H and O–H groups in total. The van der Waals surface area contributed by atoms with E-state index >= 15 is 0 Å². The van der Waals surface area contributed by atoms with Crippen molar-refractivity contribution < 1.29 is 0 Å². The second kappa shape index (κ2) is 3.58. The van der Waals surface area contributed by atoms with Crippen LogP contribution in [0.15, 0.2) is 18.7 Å². The Morgan fingerprint density at radius 1 is 1.69 bits per heavy atom. The predicted octanol–water partition coefficient (Wildman–Crippen LogP) is 0.527. The van der Waals surface area contributed by atoms with Crippen LogP contribution in [0.4, 0.5) is 0 Å². The smallest absolute Gasteiger partial charge is 0.114 e. The number of rotatable bonds is 4. The molecule has 0 aromatic carbocycles. The molecule has 4 nitrogen and oxygen atoms in total. The monoisotopic (exact) mass is 176 g/mol. The van der Waals surface area contributed by atoms with Gasteiger partial charge >= 0.3 is 0 Å². The first-order valence-corrected chi connectivity index (χ1v) is 4.50. The molecule has 0 aliphatic heterocycles. The third kappa shape index (κ3) is 2.30. The van der Waals surface area contributed by atoms with Crippen LogP contribution in [-0.2, 0) is 6.54 Å². The van der Waals surface area contributed by atoms with Crippen molar-refractivity contribution in [1.82, 2.24) is 14.9 Å². The lowest BCUT2D eigenvalue weighted by molar-refractivity contribution is 0.519. The summed E-state index contributed by atoms with van der Waals surface area (Å²) in [5.74, 6) is 0. The molecule has 68 valence electrons. The van der Waals surface area contributed by atoms with Gasteiger partial charge in [-0.1, -0.05) is 0 Å². The van der Waals surface area contributed by atoms with Crippen molar-refractivity contribution in [1.29, 1.82) is 5.26 Å². The molecule has 1 aliphatic rings. The average Bonchev–Trinajstić information content (AvgIpc) is 2.80. The second-order valence-electron chi connectivity index (χ2n) is 3.38. The van der Waals surface area contributed by atoms with Crippen LogP contribution in [0.25, 0.3) is 0 Å². The summed E-state index contributed by atoms with van der Waals surface area (Å²) >= 11 is 0. The summed E-state index contributed by atoms with van der Waals surface area (Å²) in [6, 6.07) is 2.75. The summed E-state index contributed by atoms with van der Waals surface area (Å²) in [5.41, 5.74) is 0. The largest absolute Gasteiger partial charge is 0.335 e. The minimum atomic E-state index is -0.0818. The van der Waals surface area contributed by atoms with Gasteiger partial charge in [0.05, 0.1) is 18.9 Å². The Morgan fingerprint density at radius 3 is 3.08 bits per heavy atom. The summed E-state index contributed by atoms with van der Waals surface area (Å²) in [6.45, 7) is 0.687. The van der Waals surface area contributed by atoms with E-state index in [9.17, 15) is 0 Å². The normalized spacial score (nSPS) is 18.1. The van der Waals surface area contributed by atoms with E-state index in [1.165, 1.54) is 12.8 Å². The Balaban J connectivity index is 1.87. The van der Waals surface area contributed by atoms with Crippen LogP contribution in [-0.4, -0.2) is 21.6 Å². The van der Waals surface area contributed by atoms with E-state index in [1.54, 1.807) is 12.5 Å². The highest BCUT2D eigenvalue weighted by Gasteiger charge is 2.24. The van der Waals surface area contributed by atoms with Gasteiger partial charge in [-0.2, -0.15) is 5.26 Å². The summed E-state index contributed by atoms with van der Waals surface area (Å²) < 4.78 is 1.92. The highest BCUT2D eigenvalue weighted by molar-refractivity contribution is 4.96. The molecule has 4 heteroatoms. The Kier molecular flexibility index (Phi) is 2.28. The first kappa shape index (κ1) is 8.27. The molecule has 1 aliphatic carbocycles. The lowest BCUT2D eigenvalue weighted by Gasteiger charge is -2.10. The van der Waals surface area contributed by atoms with Gasteiger partial charge in [-0.3, -0.25) is 5.32 Å². The number of nitrogens with one attached hydrogen (secondary N) is 1. The molecule has 0 radical (unpaired) electrons. The number of hydrogen-bond donors (Lipinski definition) is 1. The molecule has 1 aromatic heterocycles. The standard InChI is InChI=1S/C9H12N4/c10-5-9(12-8-1-2-8)6-13-4-3-11-7-13/h3-4,7-9,12H,1-2,6H2. The number of aromatic nitrogens is 2. The molecule has 1 unspecified atom stereocenters. The van der Waals surface area contributed by atoms with E-state index in [-0.39, 0.29) is 6.04 Å². The summed E-state index contributed by atoms with van der Waals surface area (Å²) in [4.78, 5) is 3.93. The van der Waals surface area contributed by atoms with Crippen molar-refractivity contribution in [3.8, 4) is 6.07 Å². The van der Waals surface area contributed by atoms with Crippen LogP contribution >= 0.6 is 0 Å². The molecule has 13 heavy (non-hydrogen) atoms. The average molecular weight is 176 g/mol. The van der Waals surface area contributed by atoms with Gasteiger partial charge in [0.1, 0.15) is 6.04 Å². The van der Waals surface area contributed by atoms with Crippen molar-refractivity contribution in [2.24, 2.45) is 0 Å². The Hall–Kier alpha value is -1.34. The molecule has 0 amide bonds. The number of imidazole rings is 1. The minimum absolute atomic E-state index is 0.0818. The van der Waals surface area contributed by atoms with Crippen molar-refractivity contribution >= 4 is 0 Å². The molecule has 1 fully saturated rings. The summed E-state index contributed by atoms with van der Waals surface area (Å²) in [7, 11) is 0. The van der Waals surface area contributed by atoms with Crippen LogP contribution in [0.1, 0.15) is 12.8 Å². The molecule has 1 heterocycles. The van der Waals surface area contributed by atoms with E-state index in [0.717, 1.165) is 0 Å². The van der Waals surface area contributed by atoms with Crippen molar-refractivity contribution in [2.75, 3.05) is 0 Å². The van der Waals surface area contributed by atoms with E-state index in [4.69, 9.17) is 5.26 Å².